The van der Waals surface area contributed by atoms with E-state index in [0.717, 1.165) is 6.26 Å². The van der Waals surface area contributed by atoms with Crippen LogP contribution in [-0.2, 0) is 14.6 Å². The second kappa shape index (κ2) is 5.81. The van der Waals surface area contributed by atoms with Gasteiger partial charge < -0.3 is 15.6 Å². The summed E-state index contributed by atoms with van der Waals surface area (Å²) in [6, 6.07) is 7.74. The second-order valence-corrected chi connectivity index (χ2v) is 5.19. The molecule has 0 fully saturated rings. The fourth-order valence-electron chi connectivity index (χ4n) is 1.19. The number of hydrogen-bond donors (Lipinski definition) is 2. The highest BCUT2D eigenvalue weighted by molar-refractivity contribution is 7.95. The van der Waals surface area contributed by atoms with Crippen molar-refractivity contribution >= 4 is 9.84 Å². The van der Waals surface area contributed by atoms with E-state index >= 15 is 0 Å². The Balaban J connectivity index is 3.19. The van der Waals surface area contributed by atoms with Crippen LogP contribution in [0.5, 0.6) is 0 Å². The van der Waals surface area contributed by atoms with Gasteiger partial charge in [-0.2, -0.15) is 0 Å². The molecule has 0 unspecified atom stereocenters. The van der Waals surface area contributed by atoms with Gasteiger partial charge in [0.15, 0.2) is 0 Å². The molecule has 0 amide bonds. The van der Waals surface area contributed by atoms with E-state index in [2.05, 4.69) is 0 Å². The van der Waals surface area contributed by atoms with Crippen LogP contribution in [0.3, 0.4) is 0 Å². The van der Waals surface area contributed by atoms with Gasteiger partial charge in [0.2, 0.25) is 9.84 Å². The van der Waals surface area contributed by atoms with Crippen LogP contribution in [0.25, 0.3) is 0 Å². The molecule has 6 heteroatoms. The first-order chi connectivity index (χ1) is 8.00. The topological polar surface area (TPSA) is 89.6 Å². The first kappa shape index (κ1) is 13.7. The predicted octanol–water partition coefficient (Wildman–Crippen LogP) is 0.615. The van der Waals surface area contributed by atoms with Gasteiger partial charge in [-0.05, 0) is 19.1 Å². The van der Waals surface area contributed by atoms with Crippen molar-refractivity contribution < 1.29 is 18.3 Å². The van der Waals surface area contributed by atoms with Crippen LogP contribution in [0.1, 0.15) is 6.92 Å². The molecule has 0 aliphatic carbocycles. The maximum absolute atomic E-state index is 12.1. The summed E-state index contributed by atoms with van der Waals surface area (Å²) >= 11 is 0. The monoisotopic (exact) mass is 257 g/mol. The molecule has 0 aliphatic rings. The molecule has 0 saturated heterocycles. The molecule has 94 valence electrons. The molecule has 0 aliphatic heterocycles. The summed E-state index contributed by atoms with van der Waals surface area (Å²) in [4.78, 5) is -0.291. The highest BCUT2D eigenvalue weighted by Crippen LogP contribution is 2.20. The Morgan fingerprint density at radius 1 is 1.47 bits per heavy atom. The van der Waals surface area contributed by atoms with Gasteiger partial charge in [-0.25, -0.2) is 8.42 Å². The zero-order valence-electron chi connectivity index (χ0n) is 9.41. The molecular formula is C11H15NO4S. The minimum absolute atomic E-state index is 0.0652. The second-order valence-electron chi connectivity index (χ2n) is 3.24. The summed E-state index contributed by atoms with van der Waals surface area (Å²) in [6.45, 7) is 1.99. The molecule has 0 spiro atoms. The van der Waals surface area contributed by atoms with Crippen molar-refractivity contribution in [3.05, 3.63) is 41.5 Å². The van der Waals surface area contributed by atoms with Crippen molar-refractivity contribution in [3.63, 3.8) is 0 Å². The largest absolute Gasteiger partial charge is 0.500 e. The number of hydrogen-bond acceptors (Lipinski definition) is 5. The van der Waals surface area contributed by atoms with E-state index in [9.17, 15) is 13.5 Å². The molecule has 1 aromatic carbocycles. The van der Waals surface area contributed by atoms with E-state index in [1.807, 2.05) is 0 Å². The van der Waals surface area contributed by atoms with Crippen LogP contribution in [0, 0.1) is 0 Å². The van der Waals surface area contributed by atoms with Crippen molar-refractivity contribution in [1.82, 2.24) is 0 Å². The molecule has 0 aromatic heterocycles. The number of aliphatic hydroxyl groups is 1. The Kier molecular flexibility index (Phi) is 4.68. The van der Waals surface area contributed by atoms with Crippen LogP contribution in [0.4, 0.5) is 0 Å². The Bertz CT molecular complexity index is 479. The number of nitrogens with two attached hydrogens (primary N) is 1. The summed E-state index contributed by atoms with van der Waals surface area (Å²) in [5.41, 5.74) is 5.23. The summed E-state index contributed by atoms with van der Waals surface area (Å²) in [5.74, 6) is 0. The van der Waals surface area contributed by atoms with Crippen molar-refractivity contribution in [1.29, 1.82) is 0 Å². The molecule has 17 heavy (non-hydrogen) atoms. The Morgan fingerprint density at radius 3 is 2.53 bits per heavy atom. The van der Waals surface area contributed by atoms with Crippen LogP contribution in [0.15, 0.2) is 46.4 Å². The molecule has 0 heterocycles. The van der Waals surface area contributed by atoms with E-state index in [4.69, 9.17) is 10.5 Å². The third-order valence-corrected chi connectivity index (χ3v) is 3.87. The lowest BCUT2D eigenvalue weighted by Crippen LogP contribution is -2.27. The minimum Gasteiger partial charge on any atom is -0.500 e. The zero-order chi connectivity index (χ0) is 12.9. The maximum atomic E-state index is 12.1. The molecule has 0 radical (unpaired) electrons. The summed E-state index contributed by atoms with van der Waals surface area (Å²) in [6.07, 6.45) is -0.626. The lowest BCUT2D eigenvalue weighted by atomic mass is 10.4. The van der Waals surface area contributed by atoms with Gasteiger partial charge in [-0.1, -0.05) is 18.2 Å². The van der Waals surface area contributed by atoms with E-state index in [0.29, 0.717) is 6.61 Å². The van der Waals surface area contributed by atoms with Gasteiger partial charge in [0.1, 0.15) is 17.4 Å². The Hall–Kier alpha value is -1.37. The number of aliphatic hydroxyl groups excluding tert-OH is 1. The molecule has 0 saturated carbocycles. The molecule has 1 rings (SSSR count). The maximum Gasteiger partial charge on any atom is 0.209 e. The lowest BCUT2D eigenvalue weighted by molar-refractivity contribution is 0.211. The normalized spacial score (nSPS) is 14.4. The highest BCUT2D eigenvalue weighted by atomic mass is 32.2. The first-order valence-corrected chi connectivity index (χ1v) is 6.54. The average Bonchev–Trinajstić information content (AvgIpc) is 2.30. The first-order valence-electron chi connectivity index (χ1n) is 5.05. The van der Waals surface area contributed by atoms with E-state index < -0.39 is 16.1 Å². The molecule has 1 atom stereocenters. The number of sulfone groups is 1. The van der Waals surface area contributed by atoms with E-state index in [1.165, 1.54) is 12.1 Å². The fraction of sp³-hybridized carbons (Fsp3) is 0.273. The lowest BCUT2D eigenvalue weighted by Gasteiger charge is -2.11. The predicted molar refractivity (Wildman–Crippen MR) is 63.5 cm³/mol. The van der Waals surface area contributed by atoms with Gasteiger partial charge in [0.05, 0.1) is 11.5 Å². The Morgan fingerprint density at radius 2 is 2.06 bits per heavy atom. The van der Waals surface area contributed by atoms with Crippen molar-refractivity contribution in [3.8, 4) is 0 Å². The molecule has 5 nitrogen and oxygen atoms in total. The number of rotatable bonds is 5. The zero-order valence-corrected chi connectivity index (χ0v) is 10.2. The SMILES string of the molecule is CCO/C=C(\[C@@H](N)O)S(=O)(=O)c1ccccc1. The minimum atomic E-state index is -3.81. The highest BCUT2D eigenvalue weighted by Gasteiger charge is 2.25. The van der Waals surface area contributed by atoms with Gasteiger partial charge in [0.25, 0.3) is 0 Å². The number of ether oxygens (including phenoxy) is 1. The Labute approximate surface area is 100 Å². The smallest absolute Gasteiger partial charge is 0.209 e. The summed E-state index contributed by atoms with van der Waals surface area (Å²) < 4.78 is 29.1. The van der Waals surface area contributed by atoms with Crippen molar-refractivity contribution in [2.75, 3.05) is 6.61 Å². The van der Waals surface area contributed by atoms with E-state index in [-0.39, 0.29) is 9.80 Å². The molecule has 0 bridgehead atoms. The van der Waals surface area contributed by atoms with E-state index in [1.54, 1.807) is 25.1 Å². The quantitative estimate of drug-likeness (QED) is 0.596. The van der Waals surface area contributed by atoms with Crippen molar-refractivity contribution in [2.45, 2.75) is 18.0 Å². The van der Waals surface area contributed by atoms with Crippen LogP contribution in [0.2, 0.25) is 0 Å². The summed E-state index contributed by atoms with van der Waals surface area (Å²) in [7, 11) is -3.81. The molecule has 1 aromatic rings. The third kappa shape index (κ3) is 3.29. The van der Waals surface area contributed by atoms with Crippen LogP contribution < -0.4 is 5.73 Å². The third-order valence-electron chi connectivity index (χ3n) is 2.02. The van der Waals surface area contributed by atoms with Gasteiger partial charge in [-0.3, -0.25) is 0 Å². The molecular weight excluding hydrogens is 242 g/mol. The average molecular weight is 257 g/mol. The van der Waals surface area contributed by atoms with Gasteiger partial charge in [-0.15, -0.1) is 0 Å². The summed E-state index contributed by atoms with van der Waals surface area (Å²) in [5, 5.41) is 9.29. The van der Waals surface area contributed by atoms with Gasteiger partial charge >= 0.3 is 0 Å². The standard InChI is InChI=1S/C11H15NO4S/c1-2-16-8-10(11(12)13)17(14,15)9-6-4-3-5-7-9/h3-8,11,13H,2,12H2,1H3/b10-8+/t11-/m0/s1. The van der Waals surface area contributed by atoms with Crippen LogP contribution in [-0.4, -0.2) is 26.4 Å². The molecule has 3 N–H and O–H groups in total. The van der Waals surface area contributed by atoms with Crippen LogP contribution >= 0.6 is 0 Å². The fourth-order valence-corrected chi connectivity index (χ4v) is 2.49. The number of benzene rings is 1. The van der Waals surface area contributed by atoms with Gasteiger partial charge in [0, 0.05) is 0 Å². The van der Waals surface area contributed by atoms with Crippen molar-refractivity contribution in [2.24, 2.45) is 5.73 Å².